The summed E-state index contributed by atoms with van der Waals surface area (Å²) in [7, 11) is 0. The van der Waals surface area contributed by atoms with E-state index >= 15 is 0 Å². The van der Waals surface area contributed by atoms with E-state index in [1.807, 2.05) is 0 Å². The zero-order valence-corrected chi connectivity index (χ0v) is 11.3. The summed E-state index contributed by atoms with van der Waals surface area (Å²) in [5.74, 6) is -10.3. The van der Waals surface area contributed by atoms with Crippen LogP contribution in [0.2, 0.25) is 0 Å². The van der Waals surface area contributed by atoms with Gasteiger partial charge in [0.1, 0.15) is 17.3 Å². The van der Waals surface area contributed by atoms with Crippen LogP contribution in [0.15, 0.2) is 12.1 Å². The maximum absolute atomic E-state index is 13.5. The predicted octanol–water partition coefficient (Wildman–Crippen LogP) is 2.93. The Morgan fingerprint density at radius 3 is 1.79 bits per heavy atom. The first-order valence-corrected chi connectivity index (χ1v) is 5.94. The number of alkyl halides is 3. The first kappa shape index (κ1) is 17.2. The molecule has 0 spiro atoms. The molecule has 2 rings (SSSR count). The highest BCUT2D eigenvalue weighted by Crippen LogP contribution is 2.56. The highest BCUT2D eigenvalue weighted by molar-refractivity contribution is 5.85. The molecule has 0 bridgehead atoms. The van der Waals surface area contributed by atoms with Crippen LogP contribution in [-0.4, -0.2) is 26.8 Å². The van der Waals surface area contributed by atoms with Crippen molar-refractivity contribution in [2.45, 2.75) is 6.36 Å². The number of anilines is 1. The van der Waals surface area contributed by atoms with Crippen LogP contribution in [0.4, 0.5) is 27.6 Å². The van der Waals surface area contributed by atoms with Crippen molar-refractivity contribution in [3.05, 3.63) is 23.8 Å². The number of halogens is 5. The summed E-state index contributed by atoms with van der Waals surface area (Å²) in [6, 6.07) is 0.974. The molecular formula is C13H8F5NO5. The van der Waals surface area contributed by atoms with Crippen LogP contribution in [0, 0.1) is 11.6 Å². The number of aromatic hydroxyl groups is 4. The molecule has 0 amide bonds. The fourth-order valence-electron chi connectivity index (χ4n) is 1.89. The Labute approximate surface area is 129 Å². The number of phenols is 4. The molecule has 0 aromatic heterocycles. The van der Waals surface area contributed by atoms with Crippen molar-refractivity contribution in [3.63, 3.8) is 0 Å². The number of nitrogen functional groups attached to an aromatic ring is 1. The van der Waals surface area contributed by atoms with Crippen LogP contribution in [0.5, 0.6) is 28.7 Å². The minimum Gasteiger partial charge on any atom is -0.504 e. The van der Waals surface area contributed by atoms with Crippen molar-refractivity contribution in [1.29, 1.82) is 0 Å². The molecule has 0 aliphatic rings. The summed E-state index contributed by atoms with van der Waals surface area (Å²) in [5.41, 5.74) is 2.44. The van der Waals surface area contributed by atoms with Gasteiger partial charge in [0.15, 0.2) is 11.5 Å². The average Bonchev–Trinajstić information content (AvgIpc) is 2.46. The van der Waals surface area contributed by atoms with E-state index in [1.54, 1.807) is 0 Å². The minimum atomic E-state index is -5.38. The molecule has 0 fully saturated rings. The second-order valence-electron chi connectivity index (χ2n) is 4.50. The third kappa shape index (κ3) is 2.87. The molecule has 0 radical (unpaired) electrons. The topological polar surface area (TPSA) is 116 Å². The monoisotopic (exact) mass is 353 g/mol. The molecule has 0 unspecified atom stereocenters. The number of benzene rings is 2. The van der Waals surface area contributed by atoms with Crippen molar-refractivity contribution in [2.24, 2.45) is 0 Å². The number of ether oxygens (including phenoxy) is 1. The summed E-state index contributed by atoms with van der Waals surface area (Å²) >= 11 is 0. The van der Waals surface area contributed by atoms with Gasteiger partial charge in [-0.25, -0.2) is 8.78 Å². The van der Waals surface area contributed by atoms with Crippen LogP contribution >= 0.6 is 0 Å². The first-order valence-electron chi connectivity index (χ1n) is 5.94. The quantitative estimate of drug-likeness (QED) is 0.245. The van der Waals surface area contributed by atoms with Gasteiger partial charge in [0.25, 0.3) is 0 Å². The highest BCUT2D eigenvalue weighted by atomic mass is 19.4. The van der Waals surface area contributed by atoms with Crippen molar-refractivity contribution in [3.8, 4) is 39.9 Å². The zero-order valence-electron chi connectivity index (χ0n) is 11.3. The number of phenolic OH excluding ortho intramolecular Hbond substituents is 4. The lowest BCUT2D eigenvalue weighted by Gasteiger charge is -2.17. The van der Waals surface area contributed by atoms with Gasteiger partial charge in [0, 0.05) is 0 Å². The number of hydrogen-bond acceptors (Lipinski definition) is 6. The van der Waals surface area contributed by atoms with E-state index in [4.69, 9.17) is 5.73 Å². The van der Waals surface area contributed by atoms with Crippen LogP contribution in [0.3, 0.4) is 0 Å². The van der Waals surface area contributed by atoms with Gasteiger partial charge in [-0.1, -0.05) is 0 Å². The molecule has 6 nitrogen and oxygen atoms in total. The molecule has 0 heterocycles. The summed E-state index contributed by atoms with van der Waals surface area (Å²) in [5, 5.41) is 38.4. The Hall–Kier alpha value is -3.11. The van der Waals surface area contributed by atoms with E-state index in [2.05, 4.69) is 4.74 Å². The van der Waals surface area contributed by atoms with Crippen LogP contribution in [-0.2, 0) is 0 Å². The SMILES string of the molecule is Nc1c(F)cc(-c2c(O)c(O)c(O)c(OC(F)(F)F)c2O)cc1F. The Kier molecular flexibility index (Phi) is 3.96. The first-order chi connectivity index (χ1) is 10.9. The second-order valence-corrected chi connectivity index (χ2v) is 4.50. The predicted molar refractivity (Wildman–Crippen MR) is 69.5 cm³/mol. The molecule has 2 aromatic carbocycles. The normalized spacial score (nSPS) is 11.5. The van der Waals surface area contributed by atoms with Crippen molar-refractivity contribution >= 4 is 5.69 Å². The summed E-state index contributed by atoms with van der Waals surface area (Å²) in [6.45, 7) is 0. The van der Waals surface area contributed by atoms with Crippen molar-refractivity contribution < 1.29 is 47.1 Å². The molecule has 0 aliphatic heterocycles. The van der Waals surface area contributed by atoms with E-state index in [9.17, 15) is 42.4 Å². The Morgan fingerprint density at radius 1 is 0.833 bits per heavy atom. The molecule has 130 valence electrons. The van der Waals surface area contributed by atoms with Crippen LogP contribution in [0.1, 0.15) is 0 Å². The minimum absolute atomic E-state index is 0.487. The third-order valence-electron chi connectivity index (χ3n) is 2.94. The van der Waals surface area contributed by atoms with E-state index in [0.29, 0.717) is 12.1 Å². The second kappa shape index (κ2) is 5.51. The maximum atomic E-state index is 13.5. The maximum Gasteiger partial charge on any atom is 0.573 e. The van der Waals surface area contributed by atoms with Gasteiger partial charge >= 0.3 is 6.36 Å². The molecule has 6 N–H and O–H groups in total. The van der Waals surface area contributed by atoms with Gasteiger partial charge < -0.3 is 30.9 Å². The number of rotatable bonds is 2. The van der Waals surface area contributed by atoms with Gasteiger partial charge in [0.2, 0.25) is 17.2 Å². The van der Waals surface area contributed by atoms with Gasteiger partial charge in [-0.3, -0.25) is 0 Å². The molecule has 0 saturated carbocycles. The van der Waals surface area contributed by atoms with Crippen molar-refractivity contribution in [2.75, 3.05) is 5.73 Å². The Morgan fingerprint density at radius 2 is 1.33 bits per heavy atom. The molecular weight excluding hydrogens is 345 g/mol. The van der Waals surface area contributed by atoms with Gasteiger partial charge in [0.05, 0.1) is 5.56 Å². The fraction of sp³-hybridized carbons (Fsp3) is 0.0769. The molecule has 24 heavy (non-hydrogen) atoms. The van der Waals surface area contributed by atoms with Gasteiger partial charge in [-0.2, -0.15) is 0 Å². The summed E-state index contributed by atoms with van der Waals surface area (Å²) in [6.07, 6.45) is -5.38. The molecule has 0 atom stereocenters. The number of nitrogens with two attached hydrogens (primary N) is 1. The molecule has 0 saturated heterocycles. The van der Waals surface area contributed by atoms with E-state index in [-0.39, 0.29) is 0 Å². The largest absolute Gasteiger partial charge is 0.573 e. The van der Waals surface area contributed by atoms with Crippen molar-refractivity contribution in [1.82, 2.24) is 0 Å². The van der Waals surface area contributed by atoms with E-state index in [1.165, 1.54) is 0 Å². The Bertz CT molecular complexity index is 799. The van der Waals surface area contributed by atoms with Crippen LogP contribution in [0.25, 0.3) is 11.1 Å². The smallest absolute Gasteiger partial charge is 0.504 e. The van der Waals surface area contributed by atoms with Crippen LogP contribution < -0.4 is 10.5 Å². The number of hydrogen-bond donors (Lipinski definition) is 5. The van der Waals surface area contributed by atoms with E-state index < -0.39 is 63.6 Å². The van der Waals surface area contributed by atoms with Gasteiger partial charge in [-0.05, 0) is 17.7 Å². The molecule has 2 aromatic rings. The Balaban J connectivity index is 2.80. The fourth-order valence-corrected chi connectivity index (χ4v) is 1.89. The van der Waals surface area contributed by atoms with Gasteiger partial charge in [-0.15, -0.1) is 13.2 Å². The molecule has 0 aliphatic carbocycles. The third-order valence-corrected chi connectivity index (χ3v) is 2.94. The summed E-state index contributed by atoms with van der Waals surface area (Å²) < 4.78 is 67.3. The van der Waals surface area contributed by atoms with E-state index in [0.717, 1.165) is 0 Å². The lowest BCUT2D eigenvalue weighted by Crippen LogP contribution is -2.17. The average molecular weight is 353 g/mol. The lowest BCUT2D eigenvalue weighted by molar-refractivity contribution is -0.275. The molecule has 11 heteroatoms. The lowest BCUT2D eigenvalue weighted by atomic mass is 10.0. The summed E-state index contributed by atoms with van der Waals surface area (Å²) in [4.78, 5) is 0. The zero-order chi connectivity index (χ0) is 18.4. The highest BCUT2D eigenvalue weighted by Gasteiger charge is 2.37. The standard InChI is InChI=1S/C13H8F5NO5/c14-4-1-3(2-5(15)7(4)19)6-8(20)10(22)11(23)12(9(6)21)24-13(16,17)18/h1-2,20-23H,19H2.